The lowest BCUT2D eigenvalue weighted by Crippen LogP contribution is -2.29. The van der Waals surface area contributed by atoms with E-state index in [0.29, 0.717) is 27.9 Å². The lowest BCUT2D eigenvalue weighted by Gasteiger charge is -2.15. The van der Waals surface area contributed by atoms with Crippen LogP contribution in [0.1, 0.15) is 18.4 Å². The fourth-order valence-electron chi connectivity index (χ4n) is 2.32. The second kappa shape index (κ2) is 8.35. The summed E-state index contributed by atoms with van der Waals surface area (Å²) in [5.41, 5.74) is 1.79. The number of rotatable bonds is 7. The highest BCUT2D eigenvalue weighted by Gasteiger charge is 2.31. The van der Waals surface area contributed by atoms with E-state index in [0.717, 1.165) is 11.3 Å². The topological polar surface area (TPSA) is 70.1 Å². The van der Waals surface area contributed by atoms with Crippen LogP contribution in [0.4, 0.5) is 5.69 Å². The minimum absolute atomic E-state index is 0.00985. The van der Waals surface area contributed by atoms with Crippen molar-refractivity contribution < 1.29 is 19.4 Å². The van der Waals surface area contributed by atoms with Crippen LogP contribution >= 0.6 is 24.0 Å². The largest absolute Gasteiger partial charge is 0.496 e. The van der Waals surface area contributed by atoms with E-state index < -0.39 is 5.97 Å². The molecule has 1 amide bonds. The van der Waals surface area contributed by atoms with Crippen LogP contribution in [-0.2, 0) is 9.59 Å². The number of hydrogen-bond acceptors (Lipinski definition) is 6. The lowest BCUT2D eigenvalue weighted by atomic mass is 10.1. The summed E-state index contributed by atoms with van der Waals surface area (Å²) in [7, 11) is 5.47. The molecule has 0 saturated carbocycles. The zero-order valence-corrected chi connectivity index (χ0v) is 15.9. The Kier molecular flexibility index (Phi) is 6.44. The van der Waals surface area contributed by atoms with Crippen LogP contribution in [0.25, 0.3) is 6.08 Å². The van der Waals surface area contributed by atoms with Gasteiger partial charge in [0.05, 0.1) is 12.0 Å². The number of carbonyl (C=O) groups is 2. The van der Waals surface area contributed by atoms with Crippen LogP contribution in [0, 0.1) is 0 Å². The molecule has 2 rings (SSSR count). The fourth-order valence-corrected chi connectivity index (χ4v) is 3.62. The highest BCUT2D eigenvalue weighted by molar-refractivity contribution is 8.26. The number of benzene rings is 1. The molecular weight excluding hydrogens is 360 g/mol. The SMILES string of the molecule is COc1cc(N(C)C)ccc1C=C1SC(=S)N(CCCC(=O)O)C1=O. The van der Waals surface area contributed by atoms with Gasteiger partial charge in [-0.2, -0.15) is 0 Å². The molecule has 0 atom stereocenters. The molecule has 0 aliphatic carbocycles. The van der Waals surface area contributed by atoms with Gasteiger partial charge in [-0.15, -0.1) is 0 Å². The summed E-state index contributed by atoms with van der Waals surface area (Å²) in [4.78, 5) is 27.1. The van der Waals surface area contributed by atoms with Gasteiger partial charge < -0.3 is 14.7 Å². The van der Waals surface area contributed by atoms with E-state index in [1.807, 2.05) is 37.2 Å². The van der Waals surface area contributed by atoms with Crippen molar-refractivity contribution in [2.75, 3.05) is 32.6 Å². The Labute approximate surface area is 156 Å². The summed E-state index contributed by atoms with van der Waals surface area (Å²) in [5.74, 6) is -0.409. The van der Waals surface area contributed by atoms with Gasteiger partial charge >= 0.3 is 5.97 Å². The summed E-state index contributed by atoms with van der Waals surface area (Å²) in [6.45, 7) is 0.311. The first kappa shape index (κ1) is 19.3. The molecule has 0 radical (unpaired) electrons. The third kappa shape index (κ3) is 4.73. The number of carboxylic acids is 1. The summed E-state index contributed by atoms with van der Waals surface area (Å²) < 4.78 is 5.87. The van der Waals surface area contributed by atoms with E-state index in [9.17, 15) is 9.59 Å². The van der Waals surface area contributed by atoms with Gasteiger partial charge in [-0.25, -0.2) is 0 Å². The molecule has 1 aliphatic rings. The number of anilines is 1. The van der Waals surface area contributed by atoms with Crippen LogP contribution in [-0.4, -0.2) is 54.0 Å². The van der Waals surface area contributed by atoms with Crippen molar-refractivity contribution in [3.8, 4) is 5.75 Å². The Balaban J connectivity index is 2.20. The number of hydrogen-bond donors (Lipinski definition) is 1. The molecule has 1 aromatic carbocycles. The number of thiocarbonyl (C=S) groups is 1. The first-order valence-corrected chi connectivity index (χ1v) is 8.88. The molecule has 1 N–H and O–H groups in total. The highest BCUT2D eigenvalue weighted by atomic mass is 32.2. The van der Waals surface area contributed by atoms with Gasteiger partial charge in [0.15, 0.2) is 0 Å². The predicted octanol–water partition coefficient (Wildman–Crippen LogP) is 2.83. The Morgan fingerprint density at radius 3 is 2.76 bits per heavy atom. The number of aliphatic carboxylic acids is 1. The quantitative estimate of drug-likeness (QED) is 0.576. The van der Waals surface area contributed by atoms with Gasteiger partial charge in [0, 0.05) is 44.4 Å². The number of carbonyl (C=O) groups excluding carboxylic acids is 1. The zero-order valence-electron chi connectivity index (χ0n) is 14.3. The number of nitrogens with zero attached hydrogens (tertiary/aromatic N) is 2. The van der Waals surface area contributed by atoms with Gasteiger partial charge in [-0.3, -0.25) is 14.5 Å². The second-order valence-electron chi connectivity index (χ2n) is 5.65. The molecule has 134 valence electrons. The lowest BCUT2D eigenvalue weighted by molar-refractivity contribution is -0.137. The van der Waals surface area contributed by atoms with Gasteiger partial charge in [-0.05, 0) is 24.6 Å². The Morgan fingerprint density at radius 2 is 2.16 bits per heavy atom. The maximum atomic E-state index is 12.5. The fraction of sp³-hybridized carbons (Fsp3) is 0.353. The first-order valence-electron chi connectivity index (χ1n) is 7.66. The maximum Gasteiger partial charge on any atom is 0.303 e. The number of methoxy groups -OCH3 is 1. The molecular formula is C17H20N2O4S2. The van der Waals surface area contributed by atoms with E-state index in [1.54, 1.807) is 13.2 Å². The minimum Gasteiger partial charge on any atom is -0.496 e. The van der Waals surface area contributed by atoms with Crippen LogP contribution in [0.5, 0.6) is 5.75 Å². The van der Waals surface area contributed by atoms with Gasteiger partial charge in [0.25, 0.3) is 5.91 Å². The molecule has 0 aromatic heterocycles. The van der Waals surface area contributed by atoms with Crippen molar-refractivity contribution in [1.82, 2.24) is 4.90 Å². The van der Waals surface area contributed by atoms with Gasteiger partial charge in [0.1, 0.15) is 10.1 Å². The monoisotopic (exact) mass is 380 g/mol. The molecule has 0 unspecified atom stereocenters. The average Bonchev–Trinajstić information content (AvgIpc) is 2.82. The van der Waals surface area contributed by atoms with E-state index in [1.165, 1.54) is 16.7 Å². The molecule has 0 bridgehead atoms. The van der Waals surface area contributed by atoms with Crippen molar-refractivity contribution in [2.24, 2.45) is 0 Å². The average molecular weight is 380 g/mol. The summed E-state index contributed by atoms with van der Waals surface area (Å²) in [6.07, 6.45) is 2.14. The summed E-state index contributed by atoms with van der Waals surface area (Å²) >= 11 is 6.47. The van der Waals surface area contributed by atoms with Crippen molar-refractivity contribution >= 4 is 51.9 Å². The normalized spacial score (nSPS) is 15.8. The number of carboxylic acid groups (broad SMARTS) is 1. The van der Waals surface area contributed by atoms with E-state index in [4.69, 9.17) is 22.1 Å². The Morgan fingerprint density at radius 1 is 1.44 bits per heavy atom. The molecule has 0 spiro atoms. The first-order chi connectivity index (χ1) is 11.8. The van der Waals surface area contributed by atoms with Crippen LogP contribution in [0.15, 0.2) is 23.1 Å². The number of thioether (sulfide) groups is 1. The smallest absolute Gasteiger partial charge is 0.303 e. The van der Waals surface area contributed by atoms with Crippen molar-refractivity contribution in [3.63, 3.8) is 0 Å². The van der Waals surface area contributed by atoms with Gasteiger partial charge in [-0.1, -0.05) is 24.0 Å². The van der Waals surface area contributed by atoms with Crippen LogP contribution in [0.2, 0.25) is 0 Å². The standard InChI is InChI=1S/C17H20N2O4S2/c1-18(2)12-7-6-11(13(10-12)23-3)9-14-16(22)19(17(24)25-14)8-4-5-15(20)21/h6-7,9-10H,4-5,8H2,1-3H3,(H,20,21). The molecule has 1 aromatic rings. The van der Waals surface area contributed by atoms with Crippen molar-refractivity contribution in [1.29, 1.82) is 0 Å². The van der Waals surface area contributed by atoms with E-state index >= 15 is 0 Å². The second-order valence-corrected chi connectivity index (χ2v) is 7.33. The van der Waals surface area contributed by atoms with Crippen LogP contribution in [0.3, 0.4) is 0 Å². The number of ether oxygens (including phenoxy) is 1. The third-order valence-corrected chi connectivity index (χ3v) is 5.04. The third-order valence-electron chi connectivity index (χ3n) is 3.67. The zero-order chi connectivity index (χ0) is 18.6. The molecule has 25 heavy (non-hydrogen) atoms. The minimum atomic E-state index is -0.883. The van der Waals surface area contributed by atoms with E-state index in [-0.39, 0.29) is 12.3 Å². The molecule has 1 saturated heterocycles. The Bertz CT molecular complexity index is 731. The molecule has 1 heterocycles. The maximum absolute atomic E-state index is 12.5. The van der Waals surface area contributed by atoms with Crippen molar-refractivity contribution in [3.05, 3.63) is 28.7 Å². The Hall–Kier alpha value is -2.06. The van der Waals surface area contributed by atoms with E-state index in [2.05, 4.69) is 0 Å². The van der Waals surface area contributed by atoms with Crippen LogP contribution < -0.4 is 9.64 Å². The predicted molar refractivity (Wildman–Crippen MR) is 104 cm³/mol. The van der Waals surface area contributed by atoms with Crippen molar-refractivity contribution in [2.45, 2.75) is 12.8 Å². The van der Waals surface area contributed by atoms with Gasteiger partial charge in [0.2, 0.25) is 0 Å². The summed E-state index contributed by atoms with van der Waals surface area (Å²) in [5, 5.41) is 8.71. The molecule has 1 fully saturated rings. The number of amides is 1. The molecule has 6 nitrogen and oxygen atoms in total. The molecule has 8 heteroatoms. The highest BCUT2D eigenvalue weighted by Crippen LogP contribution is 2.35. The summed E-state index contributed by atoms with van der Waals surface area (Å²) in [6, 6.07) is 5.74. The molecule has 1 aliphatic heterocycles.